The summed E-state index contributed by atoms with van der Waals surface area (Å²) < 4.78 is 15.1. The van der Waals surface area contributed by atoms with Crippen LogP contribution in [0.3, 0.4) is 0 Å². The number of halogens is 1. The van der Waals surface area contributed by atoms with Crippen LogP contribution in [-0.2, 0) is 4.79 Å². The molecule has 0 unspecified atom stereocenters. The second-order valence-corrected chi connectivity index (χ2v) is 9.48. The predicted octanol–water partition coefficient (Wildman–Crippen LogP) is 6.28. The Kier molecular flexibility index (Phi) is 8.25. The number of anilines is 2. The number of nitrogens with one attached hydrogen (secondary N) is 2. The van der Waals surface area contributed by atoms with Crippen LogP contribution in [0.25, 0.3) is 16.9 Å². The van der Waals surface area contributed by atoms with Crippen LogP contribution >= 0.6 is 11.8 Å². The van der Waals surface area contributed by atoms with E-state index in [0.29, 0.717) is 22.9 Å². The fourth-order valence-corrected chi connectivity index (χ4v) is 4.10. The molecule has 1 heterocycles. The first-order chi connectivity index (χ1) is 17.8. The zero-order valence-corrected chi connectivity index (χ0v) is 21.6. The van der Waals surface area contributed by atoms with Crippen molar-refractivity contribution in [3.8, 4) is 16.9 Å². The van der Waals surface area contributed by atoms with Crippen LogP contribution in [0.15, 0.2) is 89.8 Å². The van der Waals surface area contributed by atoms with Crippen molar-refractivity contribution in [2.45, 2.75) is 24.8 Å². The molecule has 0 saturated carbocycles. The molecule has 3 aromatic carbocycles. The van der Waals surface area contributed by atoms with Gasteiger partial charge in [-0.2, -0.15) is 5.10 Å². The van der Waals surface area contributed by atoms with E-state index in [4.69, 9.17) is 0 Å². The van der Waals surface area contributed by atoms with E-state index in [1.54, 1.807) is 34.6 Å². The van der Waals surface area contributed by atoms with Gasteiger partial charge in [-0.1, -0.05) is 30.3 Å². The molecule has 0 aliphatic heterocycles. The van der Waals surface area contributed by atoms with Crippen LogP contribution in [0, 0.1) is 5.82 Å². The van der Waals surface area contributed by atoms with Gasteiger partial charge < -0.3 is 15.5 Å². The van der Waals surface area contributed by atoms with Crippen molar-refractivity contribution >= 4 is 35.2 Å². The minimum atomic E-state index is -0.385. The molecular weight excluding hydrogens is 489 g/mol. The minimum absolute atomic E-state index is 0.165. The van der Waals surface area contributed by atoms with Crippen molar-refractivity contribution in [2.75, 3.05) is 23.4 Å². The maximum Gasteiger partial charge on any atom is 0.322 e. The Morgan fingerprint density at radius 2 is 1.65 bits per heavy atom. The van der Waals surface area contributed by atoms with Crippen molar-refractivity contribution in [3.05, 3.63) is 90.7 Å². The first kappa shape index (κ1) is 26.0. The fourth-order valence-electron chi connectivity index (χ4n) is 3.69. The van der Waals surface area contributed by atoms with Gasteiger partial charge in [-0.05, 0) is 68.6 Å². The Morgan fingerprint density at radius 3 is 2.27 bits per heavy atom. The standard InChI is InChI=1S/C28H28FN5O2S/c1-19(2)33(28(36)30-22-11-15-24(37-3)16-12-22)18-27(35)31-26-17-25(20-7-5-4-6-8-20)32-34(26)23-13-9-21(29)10-14-23/h4-17,19H,18H2,1-3H3,(H,30,36)(H,31,35). The molecule has 0 aliphatic carbocycles. The minimum Gasteiger partial charge on any atom is -0.313 e. The highest BCUT2D eigenvalue weighted by atomic mass is 32.2. The molecular formula is C28H28FN5O2S. The van der Waals surface area contributed by atoms with E-state index in [0.717, 1.165) is 10.5 Å². The van der Waals surface area contributed by atoms with Crippen LogP contribution in [0.4, 0.5) is 20.7 Å². The van der Waals surface area contributed by atoms with Gasteiger partial charge in [0, 0.05) is 28.3 Å². The molecule has 0 aliphatic rings. The molecule has 0 spiro atoms. The average molecular weight is 518 g/mol. The molecule has 0 atom stereocenters. The lowest BCUT2D eigenvalue weighted by Crippen LogP contribution is -2.44. The van der Waals surface area contributed by atoms with Gasteiger partial charge in [0.15, 0.2) is 0 Å². The highest BCUT2D eigenvalue weighted by Gasteiger charge is 2.22. The third-order valence-corrected chi connectivity index (χ3v) is 6.40. The summed E-state index contributed by atoms with van der Waals surface area (Å²) in [5, 5.41) is 10.4. The smallest absolute Gasteiger partial charge is 0.313 e. The number of benzene rings is 3. The van der Waals surface area contributed by atoms with Crippen LogP contribution in [0.5, 0.6) is 0 Å². The molecule has 0 saturated heterocycles. The zero-order chi connectivity index (χ0) is 26.4. The molecule has 190 valence electrons. The Balaban J connectivity index is 1.54. The Morgan fingerprint density at radius 1 is 0.973 bits per heavy atom. The predicted molar refractivity (Wildman–Crippen MR) is 147 cm³/mol. The van der Waals surface area contributed by atoms with Gasteiger partial charge >= 0.3 is 6.03 Å². The third kappa shape index (κ3) is 6.56. The lowest BCUT2D eigenvalue weighted by Gasteiger charge is -2.26. The molecule has 4 rings (SSSR count). The van der Waals surface area contributed by atoms with Crippen molar-refractivity contribution < 1.29 is 14.0 Å². The summed E-state index contributed by atoms with van der Waals surface area (Å²) >= 11 is 1.62. The number of hydrogen-bond donors (Lipinski definition) is 2. The van der Waals surface area contributed by atoms with E-state index in [-0.39, 0.29) is 30.3 Å². The molecule has 9 heteroatoms. The van der Waals surface area contributed by atoms with Crippen LogP contribution in [0.2, 0.25) is 0 Å². The summed E-state index contributed by atoms with van der Waals surface area (Å²) in [6.45, 7) is 3.53. The normalized spacial score (nSPS) is 10.8. The lowest BCUT2D eigenvalue weighted by molar-refractivity contribution is -0.117. The maximum absolute atomic E-state index is 13.5. The number of urea groups is 1. The largest absolute Gasteiger partial charge is 0.322 e. The van der Waals surface area contributed by atoms with E-state index in [2.05, 4.69) is 15.7 Å². The highest BCUT2D eigenvalue weighted by Crippen LogP contribution is 2.25. The van der Waals surface area contributed by atoms with Gasteiger partial charge in [-0.3, -0.25) is 4.79 Å². The average Bonchev–Trinajstić information content (AvgIpc) is 3.32. The summed E-state index contributed by atoms with van der Waals surface area (Å²) in [6.07, 6.45) is 1.98. The monoisotopic (exact) mass is 517 g/mol. The second-order valence-electron chi connectivity index (χ2n) is 8.60. The van der Waals surface area contributed by atoms with Gasteiger partial charge in [-0.25, -0.2) is 13.9 Å². The Hall–Kier alpha value is -4.11. The molecule has 1 aromatic heterocycles. The zero-order valence-electron chi connectivity index (χ0n) is 20.8. The molecule has 4 aromatic rings. The van der Waals surface area contributed by atoms with E-state index in [1.165, 1.54) is 17.0 Å². The van der Waals surface area contributed by atoms with E-state index in [1.807, 2.05) is 74.7 Å². The Labute approximate surface area is 219 Å². The van der Waals surface area contributed by atoms with Gasteiger partial charge in [0.2, 0.25) is 5.91 Å². The van der Waals surface area contributed by atoms with Crippen molar-refractivity contribution in [1.82, 2.24) is 14.7 Å². The molecule has 2 N–H and O–H groups in total. The van der Waals surface area contributed by atoms with Gasteiger partial charge in [-0.15, -0.1) is 11.8 Å². The summed E-state index contributed by atoms with van der Waals surface area (Å²) in [5.74, 6) is -0.344. The quantitative estimate of drug-likeness (QED) is 0.270. The molecule has 7 nitrogen and oxygen atoms in total. The number of nitrogens with zero attached hydrogens (tertiary/aromatic N) is 3. The number of thioether (sulfide) groups is 1. The van der Waals surface area contributed by atoms with Crippen LogP contribution in [0.1, 0.15) is 13.8 Å². The van der Waals surface area contributed by atoms with Crippen molar-refractivity contribution in [3.63, 3.8) is 0 Å². The van der Waals surface area contributed by atoms with Gasteiger partial charge in [0.1, 0.15) is 18.2 Å². The number of amides is 3. The third-order valence-electron chi connectivity index (χ3n) is 5.66. The summed E-state index contributed by atoms with van der Waals surface area (Å²) in [5.41, 5.74) is 2.75. The SMILES string of the molecule is CSc1ccc(NC(=O)N(CC(=O)Nc2cc(-c3ccccc3)nn2-c2ccc(F)cc2)C(C)C)cc1. The summed E-state index contributed by atoms with van der Waals surface area (Å²) in [6, 6.07) is 24.0. The highest BCUT2D eigenvalue weighted by molar-refractivity contribution is 7.98. The molecule has 0 radical (unpaired) electrons. The first-order valence-electron chi connectivity index (χ1n) is 11.8. The van der Waals surface area contributed by atoms with Crippen LogP contribution < -0.4 is 10.6 Å². The van der Waals surface area contributed by atoms with E-state index >= 15 is 0 Å². The topological polar surface area (TPSA) is 79.3 Å². The molecule has 0 fully saturated rings. The van der Waals surface area contributed by atoms with Crippen LogP contribution in [-0.4, -0.2) is 45.5 Å². The van der Waals surface area contributed by atoms with E-state index < -0.39 is 0 Å². The van der Waals surface area contributed by atoms with Crippen molar-refractivity contribution in [2.24, 2.45) is 0 Å². The van der Waals surface area contributed by atoms with E-state index in [9.17, 15) is 14.0 Å². The number of rotatable bonds is 8. The Bertz CT molecular complexity index is 1360. The van der Waals surface area contributed by atoms with Gasteiger partial charge in [0.25, 0.3) is 0 Å². The molecule has 3 amide bonds. The number of hydrogen-bond acceptors (Lipinski definition) is 4. The maximum atomic E-state index is 13.5. The van der Waals surface area contributed by atoms with Gasteiger partial charge in [0.05, 0.1) is 11.4 Å². The summed E-state index contributed by atoms with van der Waals surface area (Å²) in [4.78, 5) is 28.6. The first-order valence-corrected chi connectivity index (χ1v) is 13.0. The summed E-state index contributed by atoms with van der Waals surface area (Å²) in [7, 11) is 0. The number of carbonyl (C=O) groups excluding carboxylic acids is 2. The van der Waals surface area contributed by atoms with Crippen molar-refractivity contribution in [1.29, 1.82) is 0 Å². The molecule has 0 bridgehead atoms. The second kappa shape index (κ2) is 11.7. The lowest BCUT2D eigenvalue weighted by atomic mass is 10.1. The number of aromatic nitrogens is 2. The number of carbonyl (C=O) groups is 2. The fraction of sp³-hybridized carbons (Fsp3) is 0.179. The molecule has 37 heavy (non-hydrogen) atoms.